The van der Waals surface area contributed by atoms with Gasteiger partial charge in [-0.05, 0) is 31.5 Å². The molecule has 120 valence electrons. The number of carbonyl (C=O) groups excluding carboxylic acids is 1. The summed E-state index contributed by atoms with van der Waals surface area (Å²) in [4.78, 5) is 12.0. The second-order valence-electron chi connectivity index (χ2n) is 5.15. The van der Waals surface area contributed by atoms with Crippen molar-refractivity contribution in [3.8, 4) is 0 Å². The highest BCUT2D eigenvalue weighted by molar-refractivity contribution is 6.30. The van der Waals surface area contributed by atoms with E-state index in [1.54, 1.807) is 7.11 Å². The normalized spacial score (nSPS) is 16.3. The Balaban J connectivity index is 0.00000400. The second-order valence-corrected chi connectivity index (χ2v) is 5.59. The molecular weight excluding hydrogens is 311 g/mol. The zero-order chi connectivity index (χ0) is 15.3. The van der Waals surface area contributed by atoms with E-state index in [0.717, 1.165) is 5.56 Å². The molecule has 0 bridgehead atoms. The number of halogens is 2. The van der Waals surface area contributed by atoms with Crippen molar-refractivity contribution < 1.29 is 9.53 Å². The molecule has 0 heterocycles. The molecule has 0 saturated carbocycles. The van der Waals surface area contributed by atoms with E-state index in [0.29, 0.717) is 5.02 Å². The lowest BCUT2D eigenvalue weighted by Crippen LogP contribution is -2.44. The molecule has 4 unspecified atom stereocenters. The number of methoxy groups -OCH3 is 1. The van der Waals surface area contributed by atoms with Crippen molar-refractivity contribution in [2.75, 3.05) is 7.11 Å². The Morgan fingerprint density at radius 3 is 2.19 bits per heavy atom. The number of ether oxygens (including phenoxy) is 1. The Hall–Kier alpha value is -0.810. The van der Waals surface area contributed by atoms with Gasteiger partial charge in [-0.2, -0.15) is 0 Å². The number of hydrogen-bond acceptors (Lipinski definition) is 3. The van der Waals surface area contributed by atoms with Crippen LogP contribution < -0.4 is 11.1 Å². The lowest BCUT2D eigenvalue weighted by Gasteiger charge is -2.26. The van der Waals surface area contributed by atoms with Crippen LogP contribution >= 0.6 is 24.0 Å². The van der Waals surface area contributed by atoms with Crippen LogP contribution in [0.4, 0.5) is 0 Å². The maximum atomic E-state index is 12.0. The summed E-state index contributed by atoms with van der Waals surface area (Å²) in [5.41, 5.74) is 6.71. The summed E-state index contributed by atoms with van der Waals surface area (Å²) in [7, 11) is 1.62. The molecule has 0 aromatic heterocycles. The number of carbonyl (C=O) groups is 1. The minimum absolute atomic E-state index is 0. The SMILES string of the molecule is COC(c1ccc(Cl)cc1)C(C)NC(=O)C(C)C(C)N.Cl. The first-order valence-corrected chi connectivity index (χ1v) is 7.08. The third-order valence-electron chi connectivity index (χ3n) is 3.48. The van der Waals surface area contributed by atoms with Gasteiger partial charge in [0.05, 0.1) is 6.04 Å². The van der Waals surface area contributed by atoms with Crippen LogP contribution in [-0.4, -0.2) is 25.1 Å². The Morgan fingerprint density at radius 1 is 1.24 bits per heavy atom. The molecule has 3 N–H and O–H groups in total. The zero-order valence-electron chi connectivity index (χ0n) is 12.8. The van der Waals surface area contributed by atoms with Crippen molar-refractivity contribution in [1.29, 1.82) is 0 Å². The smallest absolute Gasteiger partial charge is 0.224 e. The first kappa shape index (κ1) is 20.2. The maximum Gasteiger partial charge on any atom is 0.224 e. The maximum absolute atomic E-state index is 12.0. The number of benzene rings is 1. The van der Waals surface area contributed by atoms with Crippen LogP contribution in [-0.2, 0) is 9.53 Å². The van der Waals surface area contributed by atoms with Crippen molar-refractivity contribution in [2.45, 2.75) is 39.0 Å². The molecule has 6 heteroatoms. The highest BCUT2D eigenvalue weighted by Gasteiger charge is 2.24. The van der Waals surface area contributed by atoms with Crippen molar-refractivity contribution in [1.82, 2.24) is 5.32 Å². The Morgan fingerprint density at radius 2 is 1.76 bits per heavy atom. The number of nitrogens with two attached hydrogens (primary N) is 1. The quantitative estimate of drug-likeness (QED) is 0.840. The topological polar surface area (TPSA) is 64.3 Å². The standard InChI is InChI=1S/C15H23ClN2O2.ClH/c1-9(10(2)17)15(19)18-11(3)14(20-4)12-5-7-13(16)8-6-12;/h5-11,14H,17H2,1-4H3,(H,18,19);1H. The van der Waals surface area contributed by atoms with Gasteiger partial charge in [0.1, 0.15) is 6.10 Å². The van der Waals surface area contributed by atoms with Crippen LogP contribution in [0, 0.1) is 5.92 Å². The van der Waals surface area contributed by atoms with Crippen molar-refractivity contribution in [3.63, 3.8) is 0 Å². The lowest BCUT2D eigenvalue weighted by molar-refractivity contribution is -0.126. The summed E-state index contributed by atoms with van der Waals surface area (Å²) in [6.45, 7) is 5.55. The minimum atomic E-state index is -0.236. The largest absolute Gasteiger partial charge is 0.375 e. The van der Waals surface area contributed by atoms with Crippen LogP contribution in [0.2, 0.25) is 5.02 Å². The zero-order valence-corrected chi connectivity index (χ0v) is 14.4. The summed E-state index contributed by atoms with van der Waals surface area (Å²) in [5, 5.41) is 3.62. The average molecular weight is 335 g/mol. The number of nitrogens with one attached hydrogen (secondary N) is 1. The van der Waals surface area contributed by atoms with E-state index in [9.17, 15) is 4.79 Å². The second kappa shape index (κ2) is 9.26. The molecular formula is C15H24Cl2N2O2. The van der Waals surface area contributed by atoms with Gasteiger partial charge in [-0.15, -0.1) is 12.4 Å². The highest BCUT2D eigenvalue weighted by atomic mass is 35.5. The fourth-order valence-corrected chi connectivity index (χ4v) is 2.08. The van der Waals surface area contributed by atoms with Crippen molar-refractivity contribution >= 4 is 29.9 Å². The molecule has 0 fully saturated rings. The van der Waals surface area contributed by atoms with E-state index in [1.165, 1.54) is 0 Å². The molecule has 21 heavy (non-hydrogen) atoms. The van der Waals surface area contributed by atoms with Crippen molar-refractivity contribution in [2.24, 2.45) is 11.7 Å². The molecule has 4 atom stereocenters. The molecule has 1 aromatic rings. The Bertz CT molecular complexity index is 438. The average Bonchev–Trinajstić information content (AvgIpc) is 2.40. The minimum Gasteiger partial charge on any atom is -0.375 e. The molecule has 0 aliphatic carbocycles. The highest BCUT2D eigenvalue weighted by Crippen LogP contribution is 2.22. The van der Waals surface area contributed by atoms with Gasteiger partial charge < -0.3 is 15.8 Å². The molecule has 1 aromatic carbocycles. The van der Waals surface area contributed by atoms with Crippen LogP contribution in [0.25, 0.3) is 0 Å². The molecule has 0 aliphatic rings. The predicted octanol–water partition coefficient (Wildman–Crippen LogP) is 2.94. The van der Waals surface area contributed by atoms with Gasteiger partial charge in [-0.3, -0.25) is 4.79 Å². The van der Waals surface area contributed by atoms with Gasteiger partial charge in [0.2, 0.25) is 5.91 Å². The van der Waals surface area contributed by atoms with Gasteiger partial charge >= 0.3 is 0 Å². The van der Waals surface area contributed by atoms with Gasteiger partial charge in [-0.25, -0.2) is 0 Å². The predicted molar refractivity (Wildman–Crippen MR) is 88.9 cm³/mol. The fourth-order valence-electron chi connectivity index (χ4n) is 1.95. The molecule has 1 amide bonds. The molecule has 0 spiro atoms. The summed E-state index contributed by atoms with van der Waals surface area (Å²) < 4.78 is 5.49. The monoisotopic (exact) mass is 334 g/mol. The van der Waals surface area contributed by atoms with E-state index in [1.807, 2.05) is 45.0 Å². The summed E-state index contributed by atoms with van der Waals surface area (Å²) in [6.07, 6.45) is -0.225. The molecule has 4 nitrogen and oxygen atoms in total. The number of hydrogen-bond donors (Lipinski definition) is 2. The van der Waals surface area contributed by atoms with E-state index in [4.69, 9.17) is 22.1 Å². The number of amides is 1. The van der Waals surface area contributed by atoms with Crippen LogP contribution in [0.5, 0.6) is 0 Å². The van der Waals surface area contributed by atoms with Gasteiger partial charge in [0, 0.05) is 24.1 Å². The van der Waals surface area contributed by atoms with Gasteiger partial charge in [0.15, 0.2) is 0 Å². The molecule has 1 rings (SSSR count). The summed E-state index contributed by atoms with van der Waals surface area (Å²) >= 11 is 5.88. The third kappa shape index (κ3) is 5.83. The van der Waals surface area contributed by atoms with Crippen LogP contribution in [0.1, 0.15) is 32.4 Å². The van der Waals surface area contributed by atoms with Gasteiger partial charge in [0.25, 0.3) is 0 Å². The van der Waals surface area contributed by atoms with E-state index >= 15 is 0 Å². The van der Waals surface area contributed by atoms with E-state index in [-0.39, 0.29) is 42.4 Å². The fraction of sp³-hybridized carbons (Fsp3) is 0.533. The lowest BCUT2D eigenvalue weighted by atomic mass is 10.0. The van der Waals surface area contributed by atoms with E-state index in [2.05, 4.69) is 5.32 Å². The molecule has 0 radical (unpaired) electrons. The Labute approximate surface area is 137 Å². The Kier molecular flexibility index (Phi) is 8.90. The first-order valence-electron chi connectivity index (χ1n) is 6.71. The van der Waals surface area contributed by atoms with Gasteiger partial charge in [-0.1, -0.05) is 30.7 Å². The first-order chi connectivity index (χ1) is 9.36. The summed E-state index contributed by atoms with van der Waals surface area (Å²) in [5.74, 6) is -0.302. The molecule has 0 saturated heterocycles. The van der Waals surface area contributed by atoms with Crippen LogP contribution in [0.3, 0.4) is 0 Å². The van der Waals surface area contributed by atoms with Crippen molar-refractivity contribution in [3.05, 3.63) is 34.9 Å². The third-order valence-corrected chi connectivity index (χ3v) is 3.73. The molecule has 0 aliphatic heterocycles. The summed E-state index contributed by atoms with van der Waals surface area (Å²) in [6, 6.07) is 7.07. The number of rotatable bonds is 6. The van der Waals surface area contributed by atoms with E-state index < -0.39 is 0 Å². The van der Waals surface area contributed by atoms with Crippen LogP contribution in [0.15, 0.2) is 24.3 Å².